The molecule has 4 heteroatoms. The van der Waals surface area contributed by atoms with Crippen molar-refractivity contribution in [1.82, 2.24) is 9.80 Å². The van der Waals surface area contributed by atoms with E-state index in [0.717, 1.165) is 52.4 Å². The van der Waals surface area contributed by atoms with Gasteiger partial charge in [-0.25, -0.2) is 0 Å². The largest absolute Gasteiger partial charge is 0.381 e. The molecular weight excluding hydrogens is 480 g/mol. The molecule has 0 amide bonds. The molecule has 0 saturated heterocycles. The monoisotopic (exact) mass is 555 g/mol. The Morgan fingerprint density at radius 1 is 0.410 bits per heavy atom. The zero-order valence-electron chi connectivity index (χ0n) is 28.0. The van der Waals surface area contributed by atoms with E-state index in [1.54, 1.807) is 0 Å². The minimum absolute atomic E-state index is 0.117. The summed E-state index contributed by atoms with van der Waals surface area (Å²) in [5.74, 6) is 0. The van der Waals surface area contributed by atoms with Gasteiger partial charge in [0.05, 0.1) is 13.2 Å². The number of hydrogen-bond donors (Lipinski definition) is 0. The Kier molecular flexibility index (Phi) is 29.2. The van der Waals surface area contributed by atoms with Gasteiger partial charge in [-0.1, -0.05) is 129 Å². The number of hydrogen-bond acceptors (Lipinski definition) is 4. The van der Waals surface area contributed by atoms with Crippen LogP contribution in [0.5, 0.6) is 0 Å². The topological polar surface area (TPSA) is 24.9 Å². The van der Waals surface area contributed by atoms with E-state index in [2.05, 4.69) is 51.8 Å². The van der Waals surface area contributed by atoms with Gasteiger partial charge in [-0.3, -0.25) is 0 Å². The SMILES string of the molecule is CCCCCCCCCCCCOCC(CCN(C)C)(CCN(C)C)COCCCCCCCCCCCC. The minimum atomic E-state index is 0.117. The Labute approximate surface area is 247 Å². The molecular formula is C35H74N2O2. The molecule has 0 heterocycles. The zero-order chi connectivity index (χ0) is 28.9. The molecule has 0 fully saturated rings. The van der Waals surface area contributed by atoms with Crippen molar-refractivity contribution >= 4 is 0 Å². The quantitative estimate of drug-likeness (QED) is 0.0773. The Morgan fingerprint density at radius 2 is 0.692 bits per heavy atom. The van der Waals surface area contributed by atoms with Crippen LogP contribution in [0, 0.1) is 5.41 Å². The smallest absolute Gasteiger partial charge is 0.0545 e. The van der Waals surface area contributed by atoms with Crippen LogP contribution in [0.25, 0.3) is 0 Å². The van der Waals surface area contributed by atoms with Gasteiger partial charge in [0, 0.05) is 18.6 Å². The lowest BCUT2D eigenvalue weighted by Gasteiger charge is -2.35. The van der Waals surface area contributed by atoms with Crippen molar-refractivity contribution in [2.75, 3.05) is 67.7 Å². The van der Waals surface area contributed by atoms with Crippen molar-refractivity contribution in [1.29, 1.82) is 0 Å². The molecule has 0 bridgehead atoms. The second-order valence-corrected chi connectivity index (χ2v) is 13.1. The van der Waals surface area contributed by atoms with E-state index in [9.17, 15) is 0 Å². The predicted molar refractivity (Wildman–Crippen MR) is 174 cm³/mol. The maximum Gasteiger partial charge on any atom is 0.0545 e. The number of ether oxygens (including phenoxy) is 2. The van der Waals surface area contributed by atoms with Crippen LogP contribution in [0.4, 0.5) is 0 Å². The summed E-state index contributed by atoms with van der Waals surface area (Å²) in [6, 6.07) is 0. The summed E-state index contributed by atoms with van der Waals surface area (Å²) in [5.41, 5.74) is 0.117. The molecule has 39 heavy (non-hydrogen) atoms. The average molecular weight is 555 g/mol. The van der Waals surface area contributed by atoms with Crippen LogP contribution in [0.2, 0.25) is 0 Å². The summed E-state index contributed by atoms with van der Waals surface area (Å²) < 4.78 is 12.8. The molecule has 0 radical (unpaired) electrons. The Bertz CT molecular complexity index is 428. The van der Waals surface area contributed by atoms with Crippen LogP contribution in [0.15, 0.2) is 0 Å². The number of unbranched alkanes of at least 4 members (excludes halogenated alkanes) is 18. The molecule has 4 nitrogen and oxygen atoms in total. The summed E-state index contributed by atoms with van der Waals surface area (Å²) >= 11 is 0. The first-order chi connectivity index (χ1) is 19.0. The van der Waals surface area contributed by atoms with E-state index in [1.165, 1.54) is 128 Å². The predicted octanol–water partition coefficient (Wildman–Crippen LogP) is 9.75. The van der Waals surface area contributed by atoms with Crippen molar-refractivity contribution in [2.45, 2.75) is 155 Å². The van der Waals surface area contributed by atoms with Crippen LogP contribution >= 0.6 is 0 Å². The third kappa shape index (κ3) is 27.8. The lowest BCUT2D eigenvalue weighted by atomic mass is 9.82. The van der Waals surface area contributed by atoms with E-state index in [0.29, 0.717) is 0 Å². The van der Waals surface area contributed by atoms with Gasteiger partial charge in [-0.2, -0.15) is 0 Å². The van der Waals surface area contributed by atoms with Crippen molar-refractivity contribution in [2.24, 2.45) is 5.41 Å². The van der Waals surface area contributed by atoms with Gasteiger partial charge >= 0.3 is 0 Å². The Morgan fingerprint density at radius 3 is 0.974 bits per heavy atom. The summed E-state index contributed by atoms with van der Waals surface area (Å²) in [5, 5.41) is 0. The molecule has 0 atom stereocenters. The summed E-state index contributed by atoms with van der Waals surface area (Å²) in [7, 11) is 8.75. The van der Waals surface area contributed by atoms with E-state index < -0.39 is 0 Å². The first-order valence-electron chi connectivity index (χ1n) is 17.4. The Balaban J connectivity index is 4.30. The molecule has 0 aliphatic carbocycles. The fourth-order valence-electron chi connectivity index (χ4n) is 5.34. The van der Waals surface area contributed by atoms with Crippen molar-refractivity contribution in [3.05, 3.63) is 0 Å². The van der Waals surface area contributed by atoms with E-state index >= 15 is 0 Å². The Hall–Kier alpha value is -0.160. The van der Waals surface area contributed by atoms with Crippen LogP contribution in [-0.2, 0) is 9.47 Å². The second-order valence-electron chi connectivity index (χ2n) is 13.1. The first-order valence-corrected chi connectivity index (χ1v) is 17.4. The van der Waals surface area contributed by atoms with Crippen molar-refractivity contribution in [3.63, 3.8) is 0 Å². The van der Waals surface area contributed by atoms with Crippen LogP contribution in [0.1, 0.15) is 155 Å². The van der Waals surface area contributed by atoms with E-state index in [-0.39, 0.29) is 5.41 Å². The second kappa shape index (κ2) is 29.3. The molecule has 0 saturated carbocycles. The molecule has 0 aliphatic rings. The minimum Gasteiger partial charge on any atom is -0.381 e. The highest BCUT2D eigenvalue weighted by molar-refractivity contribution is 4.81. The fraction of sp³-hybridized carbons (Fsp3) is 1.00. The van der Waals surface area contributed by atoms with Gasteiger partial charge in [0.1, 0.15) is 0 Å². The normalized spacial score (nSPS) is 12.3. The summed E-state index contributed by atoms with van der Waals surface area (Å²) in [6.07, 6.45) is 29.7. The molecule has 0 aromatic rings. The van der Waals surface area contributed by atoms with Crippen molar-refractivity contribution < 1.29 is 9.47 Å². The van der Waals surface area contributed by atoms with Gasteiger partial charge in [-0.15, -0.1) is 0 Å². The van der Waals surface area contributed by atoms with Gasteiger partial charge < -0.3 is 19.3 Å². The maximum atomic E-state index is 6.38. The molecule has 0 N–H and O–H groups in total. The lowest BCUT2D eigenvalue weighted by molar-refractivity contribution is -0.0388. The van der Waals surface area contributed by atoms with Crippen molar-refractivity contribution in [3.8, 4) is 0 Å². The average Bonchev–Trinajstić information content (AvgIpc) is 2.91. The first kappa shape index (κ1) is 38.8. The third-order valence-corrected chi connectivity index (χ3v) is 8.28. The maximum absolute atomic E-state index is 6.38. The van der Waals surface area contributed by atoms with Gasteiger partial charge in [0.15, 0.2) is 0 Å². The molecule has 236 valence electrons. The highest BCUT2D eigenvalue weighted by Gasteiger charge is 2.31. The molecule has 0 aromatic carbocycles. The number of rotatable bonds is 32. The summed E-state index contributed by atoms with van der Waals surface area (Å²) in [6.45, 7) is 10.3. The molecule has 0 spiro atoms. The fourth-order valence-corrected chi connectivity index (χ4v) is 5.34. The van der Waals surface area contributed by atoms with Gasteiger partial charge in [0.2, 0.25) is 0 Å². The number of nitrogens with zero attached hydrogens (tertiary/aromatic N) is 2. The van der Waals surface area contributed by atoms with Crippen LogP contribution in [0.3, 0.4) is 0 Å². The van der Waals surface area contributed by atoms with E-state index in [1.807, 2.05) is 0 Å². The standard InChI is InChI=1S/C35H74N2O2/c1-7-9-11-13-15-17-19-21-23-25-31-38-33-35(27-29-36(3)4,28-30-37(5)6)34-39-32-26-24-22-20-18-16-14-12-10-8-2/h7-34H2,1-6H3. The van der Waals surface area contributed by atoms with Gasteiger partial charge in [0.25, 0.3) is 0 Å². The molecule has 0 rings (SSSR count). The highest BCUT2D eigenvalue weighted by Crippen LogP contribution is 2.29. The van der Waals surface area contributed by atoms with E-state index in [4.69, 9.17) is 9.47 Å². The zero-order valence-corrected chi connectivity index (χ0v) is 28.0. The molecule has 0 unspecified atom stereocenters. The molecule has 0 aromatic heterocycles. The van der Waals surface area contributed by atoms with Gasteiger partial charge in [-0.05, 0) is 67.0 Å². The lowest BCUT2D eigenvalue weighted by Crippen LogP contribution is -2.38. The van der Waals surface area contributed by atoms with Crippen LogP contribution < -0.4 is 0 Å². The third-order valence-electron chi connectivity index (χ3n) is 8.28. The molecule has 0 aliphatic heterocycles. The summed E-state index contributed by atoms with van der Waals surface area (Å²) in [4.78, 5) is 4.63. The van der Waals surface area contributed by atoms with Crippen LogP contribution in [-0.4, -0.2) is 77.5 Å². The highest BCUT2D eigenvalue weighted by atomic mass is 16.5.